The Balaban J connectivity index is 1.00. The molecule has 0 unspecified atom stereocenters. The number of hydrogen-bond acceptors (Lipinski definition) is 5. The van der Waals surface area contributed by atoms with Crippen molar-refractivity contribution >= 4 is 59.9 Å². The van der Waals surface area contributed by atoms with Crippen molar-refractivity contribution in [3.8, 4) is 77.3 Å². The summed E-state index contributed by atoms with van der Waals surface area (Å²) in [5, 5.41) is 2.61. The van der Waals surface area contributed by atoms with Crippen LogP contribution in [0.4, 0.5) is 17.1 Å². The largest absolute Gasteiger partial charge is 0.448 e. The van der Waals surface area contributed by atoms with Crippen molar-refractivity contribution in [2.24, 2.45) is 0 Å². The Labute approximate surface area is 374 Å². The van der Waals surface area contributed by atoms with E-state index in [2.05, 4.69) is 199 Å². The molecule has 5 heteroatoms. The lowest BCUT2D eigenvalue weighted by Crippen LogP contribution is -2.11. The third kappa shape index (κ3) is 6.66. The molecule has 0 saturated carbocycles. The first-order valence-corrected chi connectivity index (χ1v) is 22.7. The van der Waals surface area contributed by atoms with Crippen molar-refractivity contribution in [1.82, 2.24) is 0 Å². The molecule has 0 aliphatic carbocycles. The molecule has 0 bridgehead atoms. The Morgan fingerprint density at radius 1 is 0.333 bits per heavy atom. The van der Waals surface area contributed by atoms with Crippen LogP contribution in [-0.2, 0) is 0 Å². The van der Waals surface area contributed by atoms with Gasteiger partial charge in [-0.3, -0.25) is 0 Å². The molecule has 12 rings (SSSR count). The normalized spacial score (nSPS) is 11.7. The minimum absolute atomic E-state index is 0.714. The third-order valence-corrected chi connectivity index (χ3v) is 14.3. The van der Waals surface area contributed by atoms with E-state index in [1.807, 2.05) is 41.7 Å². The van der Waals surface area contributed by atoms with E-state index < -0.39 is 0 Å². The highest BCUT2D eigenvalue weighted by Crippen LogP contribution is 2.59. The van der Waals surface area contributed by atoms with Crippen molar-refractivity contribution in [3.05, 3.63) is 224 Å². The summed E-state index contributed by atoms with van der Waals surface area (Å²) in [6.07, 6.45) is 0. The molecule has 2 aromatic heterocycles. The maximum atomic E-state index is 6.66. The average molecular weight is 844 g/mol. The van der Waals surface area contributed by atoms with Gasteiger partial charge in [0.05, 0.1) is 15.4 Å². The van der Waals surface area contributed by atoms with Crippen molar-refractivity contribution in [3.63, 3.8) is 0 Å². The van der Waals surface area contributed by atoms with Crippen molar-refractivity contribution in [1.29, 1.82) is 0 Å². The van der Waals surface area contributed by atoms with E-state index in [0.717, 1.165) is 66.3 Å². The molecule has 63 heavy (non-hydrogen) atoms. The zero-order chi connectivity index (χ0) is 41.7. The Kier molecular flexibility index (Phi) is 9.21. The summed E-state index contributed by atoms with van der Waals surface area (Å²) in [5.41, 5.74) is 12.4. The molecule has 298 valence electrons. The summed E-state index contributed by atoms with van der Waals surface area (Å²) in [6, 6.07) is 79.8. The van der Waals surface area contributed by atoms with E-state index in [1.165, 1.54) is 42.4 Å². The molecule has 3 heterocycles. The fraction of sp³-hybridized carbons (Fsp3) is 0. The van der Waals surface area contributed by atoms with Crippen LogP contribution >= 0.6 is 22.7 Å². The van der Waals surface area contributed by atoms with Gasteiger partial charge in [-0.2, -0.15) is 0 Å². The molecule has 1 aliphatic rings. The van der Waals surface area contributed by atoms with Gasteiger partial charge in [-0.25, -0.2) is 0 Å². The molecule has 0 fully saturated rings. The number of nitrogens with zero attached hydrogens (tertiary/aromatic N) is 1. The summed E-state index contributed by atoms with van der Waals surface area (Å²) in [5.74, 6) is 2.93. The van der Waals surface area contributed by atoms with Gasteiger partial charge >= 0.3 is 0 Å². The van der Waals surface area contributed by atoms with Crippen LogP contribution in [0.5, 0.6) is 23.0 Å². The van der Waals surface area contributed by atoms with Gasteiger partial charge in [0.25, 0.3) is 0 Å². The molecule has 0 atom stereocenters. The standard InChI is InChI=1S/C58H37NO2S2/c1-4-15-38(16-5-1)43-31-36-50(49(37-43)39-17-6-2-7-18-39)59(44-32-27-40(28-33-44)46-22-14-23-48-47-21-10-13-26-53(47)62-58(46)48)45-34-29-42(30-35-45)57-55-54(56(63-57)41-19-8-3-9-20-41)60-51-24-11-12-25-52(51)61-55/h1-37H. The highest BCUT2D eigenvalue weighted by molar-refractivity contribution is 7.26. The lowest BCUT2D eigenvalue weighted by Gasteiger charge is -2.29. The van der Waals surface area contributed by atoms with Crippen molar-refractivity contribution < 1.29 is 9.47 Å². The molecule has 0 saturated heterocycles. The molecular weight excluding hydrogens is 807 g/mol. The number of anilines is 3. The zero-order valence-electron chi connectivity index (χ0n) is 33.9. The lowest BCUT2D eigenvalue weighted by molar-refractivity contribution is 0.364. The maximum absolute atomic E-state index is 6.66. The summed E-state index contributed by atoms with van der Waals surface area (Å²) in [6.45, 7) is 0. The first-order chi connectivity index (χ1) is 31.2. The van der Waals surface area contributed by atoms with E-state index in [4.69, 9.17) is 9.47 Å². The van der Waals surface area contributed by atoms with E-state index in [-0.39, 0.29) is 0 Å². The first kappa shape index (κ1) is 37.1. The molecule has 0 amide bonds. The van der Waals surface area contributed by atoms with Gasteiger partial charge < -0.3 is 14.4 Å². The fourth-order valence-electron chi connectivity index (χ4n) is 8.74. The second-order valence-corrected chi connectivity index (χ2v) is 17.7. The van der Waals surface area contributed by atoms with Crippen LogP contribution in [0.25, 0.3) is 74.4 Å². The second-order valence-electron chi connectivity index (χ2n) is 15.6. The minimum atomic E-state index is 0.714. The topological polar surface area (TPSA) is 21.7 Å². The number of hydrogen-bond donors (Lipinski definition) is 0. The predicted molar refractivity (Wildman–Crippen MR) is 266 cm³/mol. The Morgan fingerprint density at radius 2 is 0.825 bits per heavy atom. The highest BCUT2D eigenvalue weighted by atomic mass is 32.1. The van der Waals surface area contributed by atoms with Crippen LogP contribution in [0.15, 0.2) is 224 Å². The van der Waals surface area contributed by atoms with Crippen LogP contribution in [0.3, 0.4) is 0 Å². The Bertz CT molecular complexity index is 3430. The van der Waals surface area contributed by atoms with Gasteiger partial charge in [0.1, 0.15) is 0 Å². The Morgan fingerprint density at radius 3 is 1.48 bits per heavy atom. The van der Waals surface area contributed by atoms with Gasteiger partial charge in [0.2, 0.25) is 0 Å². The van der Waals surface area contributed by atoms with Gasteiger partial charge in [-0.15, -0.1) is 22.7 Å². The third-order valence-electron chi connectivity index (χ3n) is 11.8. The number of benzene rings is 9. The average Bonchev–Trinajstić information content (AvgIpc) is 3.93. The molecule has 3 nitrogen and oxygen atoms in total. The monoisotopic (exact) mass is 843 g/mol. The molecule has 1 aliphatic heterocycles. The Hall–Kier alpha value is -7.70. The van der Waals surface area contributed by atoms with E-state index in [9.17, 15) is 0 Å². The maximum Gasteiger partial charge on any atom is 0.189 e. The second kappa shape index (κ2) is 15.6. The van der Waals surface area contributed by atoms with Gasteiger partial charge in [0.15, 0.2) is 23.0 Å². The highest BCUT2D eigenvalue weighted by Gasteiger charge is 2.30. The van der Waals surface area contributed by atoms with Gasteiger partial charge in [-0.05, 0) is 93.5 Å². The van der Waals surface area contributed by atoms with E-state index in [1.54, 1.807) is 11.3 Å². The summed E-state index contributed by atoms with van der Waals surface area (Å²) >= 11 is 3.56. The van der Waals surface area contributed by atoms with Crippen molar-refractivity contribution in [2.75, 3.05) is 4.90 Å². The lowest BCUT2D eigenvalue weighted by atomic mass is 9.96. The fourth-order valence-corrected chi connectivity index (χ4v) is 11.1. The SMILES string of the molecule is c1ccc(-c2ccc(N(c3ccc(-c4sc(-c5ccccc5)c5c4Oc4ccccc4O5)cc3)c3ccc(-c4cccc5c4sc4ccccc45)cc3)c(-c3ccccc3)c2)cc1. The van der Waals surface area contributed by atoms with Crippen LogP contribution in [0.2, 0.25) is 0 Å². The van der Waals surface area contributed by atoms with Gasteiger partial charge in [0, 0.05) is 37.1 Å². The first-order valence-electron chi connectivity index (χ1n) is 21.1. The molecule has 0 radical (unpaired) electrons. The van der Waals surface area contributed by atoms with Crippen molar-refractivity contribution in [2.45, 2.75) is 0 Å². The molecular formula is C58H37NO2S2. The van der Waals surface area contributed by atoms with Crippen LogP contribution < -0.4 is 14.4 Å². The zero-order valence-corrected chi connectivity index (χ0v) is 35.6. The summed E-state index contributed by atoms with van der Waals surface area (Å²) < 4.78 is 15.9. The minimum Gasteiger partial charge on any atom is -0.448 e. The predicted octanol–water partition coefficient (Wildman–Crippen LogP) is 17.8. The van der Waals surface area contributed by atoms with Crippen LogP contribution in [0, 0.1) is 0 Å². The van der Waals surface area contributed by atoms with E-state index >= 15 is 0 Å². The smallest absolute Gasteiger partial charge is 0.189 e. The summed E-state index contributed by atoms with van der Waals surface area (Å²) in [7, 11) is 0. The van der Waals surface area contributed by atoms with Crippen LogP contribution in [0.1, 0.15) is 0 Å². The number of rotatable bonds is 8. The quantitative estimate of drug-likeness (QED) is 0.152. The van der Waals surface area contributed by atoms with Gasteiger partial charge in [-0.1, -0.05) is 170 Å². The summed E-state index contributed by atoms with van der Waals surface area (Å²) in [4.78, 5) is 4.45. The molecule has 11 aromatic rings. The number of thiophene rings is 2. The molecule has 0 N–H and O–H groups in total. The molecule has 9 aromatic carbocycles. The number of fused-ring (bicyclic) bond motifs is 5. The molecule has 0 spiro atoms. The number of ether oxygens (including phenoxy) is 2. The van der Waals surface area contributed by atoms with Crippen LogP contribution in [-0.4, -0.2) is 0 Å². The van der Waals surface area contributed by atoms with E-state index in [0.29, 0.717) is 5.75 Å². The number of para-hydroxylation sites is 2.